The highest BCUT2D eigenvalue weighted by molar-refractivity contribution is 8.05. The maximum absolute atomic E-state index is 13.5. The molecule has 0 saturated carbocycles. The number of nitriles is 1. The first-order valence-corrected chi connectivity index (χ1v) is 12.8. The van der Waals surface area contributed by atoms with Crippen molar-refractivity contribution in [3.63, 3.8) is 0 Å². The standard InChI is InChI=1S/C29H26FN3O4S/c1-36-24-13-10-20(16-25(24)37-2)14-15-32-27(34)23(18-31)29-33(22-6-4-3-5-7-22)28(35)26(38-29)17-19-8-11-21(30)12-9-19/h3-13,16,26H,14-15,17H2,1-2H3,(H,32,34). The number of hydrogen-bond acceptors (Lipinski definition) is 6. The molecule has 0 spiro atoms. The number of thioether (sulfide) groups is 1. The molecule has 0 aromatic heterocycles. The molecule has 1 atom stereocenters. The highest BCUT2D eigenvalue weighted by Crippen LogP contribution is 2.41. The quantitative estimate of drug-likeness (QED) is 0.320. The molecule has 4 rings (SSSR count). The van der Waals surface area contributed by atoms with Crippen molar-refractivity contribution < 1.29 is 23.5 Å². The molecular weight excluding hydrogens is 505 g/mol. The fraction of sp³-hybridized carbons (Fsp3) is 0.207. The highest BCUT2D eigenvalue weighted by atomic mass is 32.2. The molecule has 0 aliphatic carbocycles. The van der Waals surface area contributed by atoms with Crippen LogP contribution in [0.3, 0.4) is 0 Å². The SMILES string of the molecule is COc1ccc(CCNC(=O)C(C#N)=C2SC(Cc3ccc(F)cc3)C(=O)N2c2ccccc2)cc1OC. The third-order valence-corrected chi connectivity index (χ3v) is 7.26. The van der Waals surface area contributed by atoms with E-state index in [2.05, 4.69) is 5.32 Å². The lowest BCUT2D eigenvalue weighted by Gasteiger charge is -2.18. The molecule has 3 aromatic carbocycles. The van der Waals surface area contributed by atoms with Crippen molar-refractivity contribution in [1.29, 1.82) is 5.26 Å². The average Bonchev–Trinajstić information content (AvgIpc) is 3.25. The summed E-state index contributed by atoms with van der Waals surface area (Å²) in [7, 11) is 3.11. The summed E-state index contributed by atoms with van der Waals surface area (Å²) in [5.74, 6) is 0.0267. The smallest absolute Gasteiger partial charge is 0.264 e. The second-order valence-electron chi connectivity index (χ2n) is 8.43. The number of para-hydroxylation sites is 1. The molecule has 1 aliphatic rings. The minimum atomic E-state index is -0.571. The van der Waals surface area contributed by atoms with Gasteiger partial charge in [-0.3, -0.25) is 14.5 Å². The number of nitrogens with one attached hydrogen (secondary N) is 1. The number of nitrogens with zero attached hydrogens (tertiary/aromatic N) is 2. The first kappa shape index (κ1) is 26.8. The van der Waals surface area contributed by atoms with Crippen LogP contribution in [0.15, 0.2) is 83.4 Å². The van der Waals surface area contributed by atoms with E-state index in [0.29, 0.717) is 30.0 Å². The van der Waals surface area contributed by atoms with Crippen LogP contribution in [0.1, 0.15) is 11.1 Å². The highest BCUT2D eigenvalue weighted by Gasteiger charge is 2.40. The van der Waals surface area contributed by atoms with Crippen LogP contribution >= 0.6 is 11.8 Å². The van der Waals surface area contributed by atoms with E-state index >= 15 is 0 Å². The summed E-state index contributed by atoms with van der Waals surface area (Å²) in [6, 6.07) is 22.3. The molecule has 0 bridgehead atoms. The Bertz CT molecular complexity index is 1390. The van der Waals surface area contributed by atoms with Gasteiger partial charge in [0, 0.05) is 12.2 Å². The summed E-state index contributed by atoms with van der Waals surface area (Å²) in [6.45, 7) is 0.274. The van der Waals surface area contributed by atoms with Gasteiger partial charge in [-0.05, 0) is 60.4 Å². The number of halogens is 1. The Hall–Kier alpha value is -4.29. The summed E-state index contributed by atoms with van der Waals surface area (Å²) in [6.07, 6.45) is 0.831. The van der Waals surface area contributed by atoms with Gasteiger partial charge < -0.3 is 14.8 Å². The zero-order chi connectivity index (χ0) is 27.1. The van der Waals surface area contributed by atoms with Crippen molar-refractivity contribution in [2.75, 3.05) is 25.7 Å². The average molecular weight is 532 g/mol. The zero-order valence-electron chi connectivity index (χ0n) is 20.9. The van der Waals surface area contributed by atoms with Crippen molar-refractivity contribution in [2.45, 2.75) is 18.1 Å². The molecular formula is C29H26FN3O4S. The molecule has 2 amide bonds. The maximum Gasteiger partial charge on any atom is 0.264 e. The van der Waals surface area contributed by atoms with Crippen LogP contribution in [-0.2, 0) is 22.4 Å². The van der Waals surface area contributed by atoms with Gasteiger partial charge in [0.15, 0.2) is 11.5 Å². The van der Waals surface area contributed by atoms with Crippen LogP contribution < -0.4 is 19.7 Å². The fourth-order valence-electron chi connectivity index (χ4n) is 4.08. The van der Waals surface area contributed by atoms with E-state index in [1.165, 1.54) is 28.8 Å². The van der Waals surface area contributed by atoms with E-state index in [4.69, 9.17) is 9.47 Å². The van der Waals surface area contributed by atoms with Crippen LogP contribution in [0.25, 0.3) is 0 Å². The van der Waals surface area contributed by atoms with Gasteiger partial charge in [-0.2, -0.15) is 5.26 Å². The number of rotatable bonds is 9. The second kappa shape index (κ2) is 12.3. The second-order valence-corrected chi connectivity index (χ2v) is 9.62. The summed E-state index contributed by atoms with van der Waals surface area (Å²) in [5, 5.41) is 12.5. The Morgan fingerprint density at radius 2 is 1.71 bits per heavy atom. The molecule has 1 aliphatic heterocycles. The monoisotopic (exact) mass is 531 g/mol. The molecule has 194 valence electrons. The van der Waals surface area contributed by atoms with E-state index in [-0.39, 0.29) is 28.9 Å². The van der Waals surface area contributed by atoms with Gasteiger partial charge >= 0.3 is 0 Å². The van der Waals surface area contributed by atoms with E-state index in [1.807, 2.05) is 24.3 Å². The molecule has 38 heavy (non-hydrogen) atoms. The van der Waals surface area contributed by atoms with Crippen molar-refractivity contribution in [3.05, 3.63) is 100 Å². The maximum atomic E-state index is 13.5. The zero-order valence-corrected chi connectivity index (χ0v) is 21.8. The van der Waals surface area contributed by atoms with Gasteiger partial charge in [-0.1, -0.05) is 48.2 Å². The topological polar surface area (TPSA) is 91.7 Å². The van der Waals surface area contributed by atoms with Crippen LogP contribution in [0.4, 0.5) is 10.1 Å². The van der Waals surface area contributed by atoms with E-state index in [9.17, 15) is 19.2 Å². The van der Waals surface area contributed by atoms with Crippen molar-refractivity contribution in [3.8, 4) is 17.6 Å². The van der Waals surface area contributed by atoms with Crippen LogP contribution in [0.2, 0.25) is 0 Å². The minimum Gasteiger partial charge on any atom is -0.493 e. The molecule has 0 radical (unpaired) electrons. The number of anilines is 1. The first-order chi connectivity index (χ1) is 18.4. The van der Waals surface area contributed by atoms with E-state index < -0.39 is 11.2 Å². The Labute approximate surface area is 224 Å². The summed E-state index contributed by atoms with van der Waals surface area (Å²) >= 11 is 1.17. The Morgan fingerprint density at radius 3 is 2.37 bits per heavy atom. The van der Waals surface area contributed by atoms with Gasteiger partial charge in [0.05, 0.1) is 19.5 Å². The van der Waals surface area contributed by atoms with Gasteiger partial charge in [0.1, 0.15) is 22.5 Å². The third kappa shape index (κ3) is 5.98. The van der Waals surface area contributed by atoms with Crippen LogP contribution in [0, 0.1) is 17.1 Å². The molecule has 9 heteroatoms. The van der Waals surface area contributed by atoms with Crippen LogP contribution in [-0.4, -0.2) is 37.8 Å². The summed E-state index contributed by atoms with van der Waals surface area (Å²) in [4.78, 5) is 28.0. The van der Waals surface area contributed by atoms with Crippen LogP contribution in [0.5, 0.6) is 11.5 Å². The molecule has 1 fully saturated rings. The number of benzene rings is 3. The number of amides is 2. The van der Waals surface area contributed by atoms with Gasteiger partial charge in [-0.25, -0.2) is 4.39 Å². The molecule has 7 nitrogen and oxygen atoms in total. The molecule has 1 saturated heterocycles. The van der Waals surface area contributed by atoms with Gasteiger partial charge in [-0.15, -0.1) is 0 Å². The van der Waals surface area contributed by atoms with Gasteiger partial charge in [0.2, 0.25) is 5.91 Å². The fourth-order valence-corrected chi connectivity index (χ4v) is 5.39. The molecule has 1 unspecified atom stereocenters. The third-order valence-electron chi connectivity index (χ3n) is 6.00. The van der Waals surface area contributed by atoms with Crippen molar-refractivity contribution in [2.24, 2.45) is 0 Å². The largest absolute Gasteiger partial charge is 0.493 e. The van der Waals surface area contributed by atoms with Crippen molar-refractivity contribution >= 4 is 29.3 Å². The number of hydrogen-bond donors (Lipinski definition) is 1. The first-order valence-electron chi connectivity index (χ1n) is 11.9. The number of carbonyl (C=O) groups excluding carboxylic acids is 2. The van der Waals surface area contributed by atoms with Crippen molar-refractivity contribution in [1.82, 2.24) is 5.32 Å². The van der Waals surface area contributed by atoms with E-state index in [1.54, 1.807) is 56.7 Å². The van der Waals surface area contributed by atoms with E-state index in [0.717, 1.165) is 11.1 Å². The van der Waals surface area contributed by atoms with Gasteiger partial charge in [0.25, 0.3) is 5.91 Å². The molecule has 3 aromatic rings. The summed E-state index contributed by atoms with van der Waals surface area (Å²) < 4.78 is 23.9. The molecule has 1 N–H and O–H groups in total. The Morgan fingerprint density at radius 1 is 1.03 bits per heavy atom. The lowest BCUT2D eigenvalue weighted by molar-refractivity contribution is -0.117. The lowest BCUT2D eigenvalue weighted by Crippen LogP contribution is -2.32. The number of methoxy groups -OCH3 is 2. The normalized spacial score (nSPS) is 16.1. The Kier molecular flexibility index (Phi) is 8.66. The summed E-state index contributed by atoms with van der Waals surface area (Å²) in [5.41, 5.74) is 2.13. The Balaban J connectivity index is 1.55. The lowest BCUT2D eigenvalue weighted by atomic mass is 10.1. The number of ether oxygens (including phenoxy) is 2. The minimum absolute atomic E-state index is 0.138. The predicted molar refractivity (Wildman–Crippen MR) is 144 cm³/mol. The molecule has 1 heterocycles. The number of carbonyl (C=O) groups is 2. The predicted octanol–water partition coefficient (Wildman–Crippen LogP) is 4.63.